The van der Waals surface area contributed by atoms with Gasteiger partial charge in [-0.15, -0.1) is 0 Å². The molecule has 31 heavy (non-hydrogen) atoms. The summed E-state index contributed by atoms with van der Waals surface area (Å²) in [5, 5.41) is 3.09. The summed E-state index contributed by atoms with van der Waals surface area (Å²) >= 11 is 0. The maximum Gasteiger partial charge on any atom is 0.451 e. The molecule has 6 nitrogen and oxygen atoms in total. The molecular weight excluding hydrogens is 407 g/mol. The number of alkyl halides is 3. The van der Waals surface area contributed by atoms with E-state index in [-0.39, 0.29) is 17.3 Å². The standard InChI is InChI=1S/C22H26F3N5O/c1-29(2)21(12-16-6-4-3-5-7-16)10-8-20(9-11-21)15-30(19(31)28-20)17-13-26-18(27-14-17)22(23,24)25/h3-7,13-14H,8-12,15H2,1-2H3,(H,28,31)/t20-,21-. The molecule has 2 aliphatic rings. The summed E-state index contributed by atoms with van der Waals surface area (Å²) < 4.78 is 38.2. The second-order valence-corrected chi connectivity index (χ2v) is 8.84. The van der Waals surface area contributed by atoms with Gasteiger partial charge in [0.2, 0.25) is 5.82 Å². The highest BCUT2D eigenvalue weighted by Gasteiger charge is 2.50. The van der Waals surface area contributed by atoms with Crippen LogP contribution in [0.25, 0.3) is 0 Å². The van der Waals surface area contributed by atoms with Crippen molar-refractivity contribution < 1.29 is 18.0 Å². The number of nitrogens with zero attached hydrogens (tertiary/aromatic N) is 4. The topological polar surface area (TPSA) is 61.4 Å². The highest BCUT2D eigenvalue weighted by atomic mass is 19.4. The van der Waals surface area contributed by atoms with E-state index in [2.05, 4.69) is 46.4 Å². The number of hydrogen-bond acceptors (Lipinski definition) is 4. The van der Waals surface area contributed by atoms with Crippen LogP contribution >= 0.6 is 0 Å². The summed E-state index contributed by atoms with van der Waals surface area (Å²) in [7, 11) is 4.19. The third-order valence-electron chi connectivity index (χ3n) is 6.74. The third kappa shape index (κ3) is 4.23. The first-order valence-electron chi connectivity index (χ1n) is 10.3. The first-order chi connectivity index (χ1) is 14.6. The Balaban J connectivity index is 1.47. The van der Waals surface area contributed by atoms with E-state index in [1.807, 2.05) is 18.2 Å². The molecule has 2 heterocycles. The van der Waals surface area contributed by atoms with E-state index in [1.165, 1.54) is 10.5 Å². The van der Waals surface area contributed by atoms with E-state index in [4.69, 9.17) is 0 Å². The van der Waals surface area contributed by atoms with Crippen LogP contribution in [0.3, 0.4) is 0 Å². The quantitative estimate of drug-likeness (QED) is 0.795. The van der Waals surface area contributed by atoms with Gasteiger partial charge in [-0.2, -0.15) is 13.2 Å². The first kappa shape index (κ1) is 21.5. The van der Waals surface area contributed by atoms with E-state index < -0.39 is 17.5 Å². The number of carbonyl (C=O) groups excluding carboxylic acids is 1. The molecule has 1 saturated heterocycles. The first-order valence-corrected chi connectivity index (χ1v) is 10.3. The van der Waals surface area contributed by atoms with Gasteiger partial charge in [-0.1, -0.05) is 30.3 Å². The fraction of sp³-hybridized carbons (Fsp3) is 0.500. The summed E-state index contributed by atoms with van der Waals surface area (Å²) in [4.78, 5) is 23.2. The van der Waals surface area contributed by atoms with Gasteiger partial charge in [0.1, 0.15) is 0 Å². The van der Waals surface area contributed by atoms with Crippen molar-refractivity contribution in [1.82, 2.24) is 20.2 Å². The fourth-order valence-corrected chi connectivity index (χ4v) is 4.76. The number of urea groups is 1. The van der Waals surface area contributed by atoms with Crippen LogP contribution in [0.2, 0.25) is 0 Å². The van der Waals surface area contributed by atoms with Crippen LogP contribution in [0.15, 0.2) is 42.7 Å². The Bertz CT molecular complexity index is 922. The number of halogens is 3. The SMILES string of the molecule is CN(C)[C@]1(Cc2ccccc2)CC[C@@]2(CC1)CN(c1cnc(C(F)(F)F)nc1)C(=O)N2. The molecule has 2 fully saturated rings. The van der Waals surface area contributed by atoms with Crippen molar-refractivity contribution >= 4 is 11.7 Å². The molecule has 0 atom stereocenters. The van der Waals surface area contributed by atoms with Gasteiger partial charge in [-0.25, -0.2) is 14.8 Å². The summed E-state index contributed by atoms with van der Waals surface area (Å²) in [6, 6.07) is 10.1. The minimum atomic E-state index is -4.61. The second-order valence-electron chi connectivity index (χ2n) is 8.84. The molecule has 2 aromatic rings. The van der Waals surface area contributed by atoms with Crippen molar-refractivity contribution in [2.24, 2.45) is 0 Å². The minimum absolute atomic E-state index is 0.00220. The molecule has 0 bridgehead atoms. The lowest BCUT2D eigenvalue weighted by Gasteiger charge is -2.48. The zero-order valence-electron chi connectivity index (χ0n) is 17.6. The Morgan fingerprint density at radius 1 is 1.06 bits per heavy atom. The Morgan fingerprint density at radius 3 is 2.23 bits per heavy atom. The van der Waals surface area contributed by atoms with E-state index in [0.717, 1.165) is 44.5 Å². The number of anilines is 1. The molecule has 0 unspecified atom stereocenters. The van der Waals surface area contributed by atoms with Gasteiger partial charge in [-0.05, 0) is 51.8 Å². The van der Waals surface area contributed by atoms with Crippen LogP contribution in [-0.4, -0.2) is 52.6 Å². The number of carbonyl (C=O) groups is 1. The maximum atomic E-state index is 12.7. The highest BCUT2D eigenvalue weighted by Crippen LogP contribution is 2.42. The largest absolute Gasteiger partial charge is 0.451 e. The van der Waals surface area contributed by atoms with Crippen LogP contribution in [0, 0.1) is 0 Å². The molecule has 1 N–H and O–H groups in total. The zero-order valence-corrected chi connectivity index (χ0v) is 17.6. The Labute approximate surface area is 179 Å². The predicted octanol–water partition coefficient (Wildman–Crippen LogP) is 3.88. The van der Waals surface area contributed by atoms with Crippen molar-refractivity contribution in [2.45, 2.75) is 49.4 Å². The molecule has 9 heteroatoms. The zero-order chi connectivity index (χ0) is 22.3. The summed E-state index contributed by atoms with van der Waals surface area (Å²) in [5.74, 6) is -1.21. The van der Waals surface area contributed by atoms with Crippen LogP contribution in [0.5, 0.6) is 0 Å². The predicted molar refractivity (Wildman–Crippen MR) is 111 cm³/mol. The summed E-state index contributed by atoms with van der Waals surface area (Å²) in [6.07, 6.45) is 1.86. The van der Waals surface area contributed by atoms with Gasteiger partial charge in [0.05, 0.1) is 30.2 Å². The molecule has 1 aliphatic carbocycles. The van der Waals surface area contributed by atoms with Gasteiger partial charge in [0, 0.05) is 5.54 Å². The summed E-state index contributed by atoms with van der Waals surface area (Å²) in [6.45, 7) is 0.398. The minimum Gasteiger partial charge on any atom is -0.330 e. The molecule has 166 valence electrons. The monoisotopic (exact) mass is 433 g/mol. The molecule has 1 aromatic carbocycles. The van der Waals surface area contributed by atoms with Crippen LogP contribution in [-0.2, 0) is 12.6 Å². The van der Waals surface area contributed by atoms with Crippen LogP contribution in [0.4, 0.5) is 23.7 Å². The van der Waals surface area contributed by atoms with Gasteiger partial charge >= 0.3 is 12.2 Å². The van der Waals surface area contributed by atoms with E-state index in [0.29, 0.717) is 6.54 Å². The van der Waals surface area contributed by atoms with Crippen LogP contribution in [0.1, 0.15) is 37.1 Å². The number of hydrogen-bond donors (Lipinski definition) is 1. The lowest BCUT2D eigenvalue weighted by molar-refractivity contribution is -0.144. The van der Waals surface area contributed by atoms with Gasteiger partial charge in [0.15, 0.2) is 0 Å². The smallest absolute Gasteiger partial charge is 0.330 e. The second kappa shape index (κ2) is 7.78. The van der Waals surface area contributed by atoms with E-state index >= 15 is 0 Å². The molecule has 1 aromatic heterocycles. The number of amides is 2. The van der Waals surface area contributed by atoms with Crippen molar-refractivity contribution in [2.75, 3.05) is 25.5 Å². The van der Waals surface area contributed by atoms with Gasteiger partial charge in [-0.3, -0.25) is 4.90 Å². The lowest BCUT2D eigenvalue weighted by atomic mass is 9.69. The third-order valence-corrected chi connectivity index (χ3v) is 6.74. The summed E-state index contributed by atoms with van der Waals surface area (Å²) in [5.41, 5.74) is 1.17. The lowest BCUT2D eigenvalue weighted by Crippen LogP contribution is -2.56. The Hall–Kier alpha value is -2.68. The number of likely N-dealkylation sites (N-methyl/N-ethyl adjacent to an activating group) is 1. The average Bonchev–Trinajstić information content (AvgIpc) is 3.06. The molecule has 1 saturated carbocycles. The van der Waals surface area contributed by atoms with Crippen molar-refractivity contribution in [3.63, 3.8) is 0 Å². The molecule has 1 aliphatic heterocycles. The molecule has 2 amide bonds. The molecule has 4 rings (SSSR count). The van der Waals surface area contributed by atoms with Gasteiger partial charge < -0.3 is 10.2 Å². The van der Waals surface area contributed by atoms with E-state index in [9.17, 15) is 18.0 Å². The maximum absolute atomic E-state index is 12.7. The van der Waals surface area contributed by atoms with E-state index in [1.54, 1.807) is 0 Å². The Morgan fingerprint density at radius 2 is 1.68 bits per heavy atom. The van der Waals surface area contributed by atoms with Crippen molar-refractivity contribution in [3.8, 4) is 0 Å². The Kier molecular flexibility index (Phi) is 5.41. The average molecular weight is 433 g/mol. The highest BCUT2D eigenvalue weighted by molar-refractivity contribution is 5.95. The van der Waals surface area contributed by atoms with Crippen molar-refractivity contribution in [1.29, 1.82) is 0 Å². The molecular formula is C22H26F3N5O. The number of aromatic nitrogens is 2. The number of nitrogens with one attached hydrogen (secondary N) is 1. The van der Waals surface area contributed by atoms with Crippen molar-refractivity contribution in [3.05, 3.63) is 54.1 Å². The van der Waals surface area contributed by atoms with Crippen LogP contribution < -0.4 is 10.2 Å². The normalized spacial score (nSPS) is 26.5. The number of rotatable bonds is 4. The van der Waals surface area contributed by atoms with Gasteiger partial charge in [0.25, 0.3) is 0 Å². The molecule has 1 spiro atoms. The molecule has 0 radical (unpaired) electrons. The number of benzene rings is 1. The fourth-order valence-electron chi connectivity index (χ4n) is 4.76.